The molecule has 0 aliphatic heterocycles. The minimum absolute atomic E-state index is 0. The molecule has 0 radical (unpaired) electrons. The van der Waals surface area contributed by atoms with E-state index in [0.717, 1.165) is 0 Å². The van der Waals surface area contributed by atoms with Gasteiger partial charge in [-0.2, -0.15) is 0 Å². The molecule has 10 heteroatoms. The quantitative estimate of drug-likeness (QED) is 0.295. The Bertz CT molecular complexity index is 241. The number of hydrogen-bond acceptors (Lipinski definition) is 4. The van der Waals surface area contributed by atoms with Gasteiger partial charge in [0.15, 0.2) is 5.60 Å². The topological polar surface area (TPSA) is 132 Å². The molecule has 7 nitrogen and oxygen atoms in total. The van der Waals surface area contributed by atoms with Gasteiger partial charge in [-0.15, -0.1) is 0 Å². The third-order valence-electron chi connectivity index (χ3n) is 1.29. The van der Waals surface area contributed by atoms with Gasteiger partial charge in [-0.05, 0) is 0 Å². The van der Waals surface area contributed by atoms with E-state index in [4.69, 9.17) is 20.4 Å². The number of aliphatic carboxylic acids is 3. The predicted molar refractivity (Wildman–Crippen MR) is 61.3 cm³/mol. The van der Waals surface area contributed by atoms with E-state index in [1.165, 1.54) is 0 Å². The molecular weight excluding hydrogens is 471 g/mol. The standard InChI is InChI=1S/C6H8O7.Bi.2K.5H/c7-3(8)1-6(13,5(11)12)2-4(9)10;;;;;;;;/h13H,1-2H2,(H,7,8)(H,9,10)(H,11,12);;;;;;;;. The van der Waals surface area contributed by atoms with Crippen molar-refractivity contribution >= 4 is 147 Å². The Morgan fingerprint density at radius 1 is 0.875 bits per heavy atom. The fourth-order valence-corrected chi connectivity index (χ4v) is 0.714. The van der Waals surface area contributed by atoms with Gasteiger partial charge < -0.3 is 20.4 Å². The fraction of sp³-hybridized carbons (Fsp3) is 0.500. The van der Waals surface area contributed by atoms with Crippen LogP contribution < -0.4 is 0 Å². The minimum atomic E-state index is -2.74. The molecule has 0 saturated heterocycles. The maximum atomic E-state index is 10.3. The summed E-state index contributed by atoms with van der Waals surface area (Å²) in [5.74, 6) is -5.02. The average molecular weight is 484 g/mol. The Hall–Kier alpha value is 2.53. The van der Waals surface area contributed by atoms with Gasteiger partial charge in [-0.25, -0.2) is 4.79 Å². The van der Waals surface area contributed by atoms with Crippen LogP contribution in [0, 0.1) is 0 Å². The first-order chi connectivity index (χ1) is 5.78. The summed E-state index contributed by atoms with van der Waals surface area (Å²) in [6, 6.07) is 0. The molecule has 0 atom stereocenters. The summed E-state index contributed by atoms with van der Waals surface area (Å²) >= 11 is 0. The molecule has 0 spiro atoms. The molecule has 0 aliphatic rings. The van der Waals surface area contributed by atoms with E-state index in [1.54, 1.807) is 0 Å². The summed E-state index contributed by atoms with van der Waals surface area (Å²) in [7, 11) is 0. The SMILES string of the molecule is O=C(O)CC(O)(CC(=O)O)C(=O)O.[BiH3].[KH].[KH]. The second kappa shape index (κ2) is 12.6. The summed E-state index contributed by atoms with van der Waals surface area (Å²) < 4.78 is 0. The van der Waals surface area contributed by atoms with Gasteiger partial charge in [-0.1, -0.05) is 0 Å². The van der Waals surface area contributed by atoms with Crippen molar-refractivity contribution in [3.63, 3.8) is 0 Å². The zero-order valence-corrected chi connectivity index (χ0v) is 12.6. The second-order valence-electron chi connectivity index (χ2n) is 2.48. The first-order valence-electron chi connectivity index (χ1n) is 3.17. The Balaban J connectivity index is -0.000000240. The van der Waals surface area contributed by atoms with E-state index in [-0.39, 0.29) is 129 Å². The number of aliphatic hydroxyl groups is 1. The molecule has 16 heavy (non-hydrogen) atoms. The van der Waals surface area contributed by atoms with Crippen LogP contribution in [-0.2, 0) is 14.4 Å². The van der Waals surface area contributed by atoms with Crippen LogP contribution in [0.1, 0.15) is 12.8 Å². The van der Waals surface area contributed by atoms with E-state index in [0.29, 0.717) is 0 Å². The van der Waals surface area contributed by atoms with E-state index in [9.17, 15) is 14.4 Å². The monoisotopic (exact) mass is 484 g/mol. The molecule has 0 aromatic rings. The third-order valence-corrected chi connectivity index (χ3v) is 1.29. The Morgan fingerprint density at radius 2 is 1.12 bits per heavy atom. The fourth-order valence-electron chi connectivity index (χ4n) is 0.714. The van der Waals surface area contributed by atoms with E-state index in [2.05, 4.69) is 0 Å². The van der Waals surface area contributed by atoms with Crippen LogP contribution in [0.25, 0.3) is 0 Å². The van der Waals surface area contributed by atoms with Crippen LogP contribution in [0.2, 0.25) is 0 Å². The molecular formula is C6H13BiK2O7. The van der Waals surface area contributed by atoms with E-state index < -0.39 is 36.4 Å². The van der Waals surface area contributed by atoms with Crippen molar-refractivity contribution in [2.45, 2.75) is 18.4 Å². The normalized spacial score (nSPS) is 8.81. The molecule has 0 bridgehead atoms. The molecule has 0 saturated carbocycles. The first-order valence-corrected chi connectivity index (χ1v) is 3.17. The second-order valence-corrected chi connectivity index (χ2v) is 2.48. The zero-order valence-electron chi connectivity index (χ0n) is 7.13. The summed E-state index contributed by atoms with van der Waals surface area (Å²) in [5.41, 5.74) is -2.74. The number of rotatable bonds is 5. The molecule has 4 N–H and O–H groups in total. The van der Waals surface area contributed by atoms with Gasteiger partial charge in [0.1, 0.15) is 0 Å². The van der Waals surface area contributed by atoms with Crippen LogP contribution in [0.3, 0.4) is 0 Å². The predicted octanol–water partition coefficient (Wildman–Crippen LogP) is -3.73. The third kappa shape index (κ3) is 11.6. The summed E-state index contributed by atoms with van der Waals surface area (Å²) in [5, 5.41) is 33.8. The number of carbonyl (C=O) groups is 3. The van der Waals surface area contributed by atoms with Crippen LogP contribution in [-0.4, -0.2) is 173 Å². The van der Waals surface area contributed by atoms with Gasteiger partial charge in [0.05, 0.1) is 12.8 Å². The van der Waals surface area contributed by atoms with Gasteiger partial charge in [-0.3, -0.25) is 9.59 Å². The maximum absolute atomic E-state index is 10.3. The van der Waals surface area contributed by atoms with E-state index >= 15 is 0 Å². The van der Waals surface area contributed by atoms with Crippen molar-refractivity contribution in [3.05, 3.63) is 0 Å². The Kier molecular flexibility index (Phi) is 21.2. The van der Waals surface area contributed by atoms with Crippen molar-refractivity contribution in [3.8, 4) is 0 Å². The average Bonchev–Trinajstić information content (AvgIpc) is 1.82. The van der Waals surface area contributed by atoms with Crippen LogP contribution in [0.4, 0.5) is 0 Å². The van der Waals surface area contributed by atoms with E-state index in [1.807, 2.05) is 0 Å². The zero-order chi connectivity index (χ0) is 10.6. The van der Waals surface area contributed by atoms with Crippen molar-refractivity contribution in [1.82, 2.24) is 0 Å². The van der Waals surface area contributed by atoms with Crippen LogP contribution in [0.15, 0.2) is 0 Å². The summed E-state index contributed by atoms with van der Waals surface area (Å²) in [6.45, 7) is 0. The van der Waals surface area contributed by atoms with Gasteiger partial charge in [0, 0.05) is 0 Å². The molecule has 0 unspecified atom stereocenters. The molecule has 86 valence electrons. The number of carboxylic acids is 3. The van der Waals surface area contributed by atoms with Gasteiger partial charge in [0.25, 0.3) is 0 Å². The first kappa shape index (κ1) is 27.0. The molecule has 0 aromatic carbocycles. The van der Waals surface area contributed by atoms with Crippen LogP contribution in [0.5, 0.6) is 0 Å². The molecule has 0 rings (SSSR count). The Labute approximate surface area is 195 Å². The van der Waals surface area contributed by atoms with Crippen molar-refractivity contribution in [1.29, 1.82) is 0 Å². The molecule has 0 aromatic heterocycles. The van der Waals surface area contributed by atoms with Crippen LogP contribution >= 0.6 is 0 Å². The number of hydrogen-bond donors (Lipinski definition) is 4. The van der Waals surface area contributed by atoms with Crippen molar-refractivity contribution in [2.24, 2.45) is 0 Å². The Morgan fingerprint density at radius 3 is 1.25 bits per heavy atom. The molecule has 0 aliphatic carbocycles. The van der Waals surface area contributed by atoms with Gasteiger partial charge in [0.2, 0.25) is 0 Å². The van der Waals surface area contributed by atoms with Gasteiger partial charge >= 0.3 is 147 Å². The summed E-state index contributed by atoms with van der Waals surface area (Å²) in [6.07, 6.45) is -2.29. The van der Waals surface area contributed by atoms with Crippen molar-refractivity contribution in [2.75, 3.05) is 0 Å². The molecule has 0 amide bonds. The van der Waals surface area contributed by atoms with Crippen molar-refractivity contribution < 1.29 is 34.8 Å². The molecule has 0 fully saturated rings. The molecule has 0 heterocycles. The number of carboxylic acid groups (broad SMARTS) is 3. The summed E-state index contributed by atoms with van der Waals surface area (Å²) in [4.78, 5) is 30.5.